The summed E-state index contributed by atoms with van der Waals surface area (Å²) in [4.78, 5) is 26.8. The van der Waals surface area contributed by atoms with Crippen LogP contribution in [0.5, 0.6) is 0 Å². The number of benzene rings is 1. The topological polar surface area (TPSA) is 62.6 Å². The van der Waals surface area contributed by atoms with Crippen molar-refractivity contribution >= 4 is 11.8 Å². The van der Waals surface area contributed by atoms with E-state index in [4.69, 9.17) is 4.42 Å². The molecule has 0 spiro atoms. The van der Waals surface area contributed by atoms with Crippen LogP contribution in [0, 0.1) is 0 Å². The van der Waals surface area contributed by atoms with E-state index in [1.165, 1.54) is 11.8 Å². The van der Waals surface area contributed by atoms with E-state index in [2.05, 4.69) is 24.4 Å². The molecule has 5 heteroatoms. The second-order valence-electron chi connectivity index (χ2n) is 6.39. The molecule has 25 heavy (non-hydrogen) atoms. The van der Waals surface area contributed by atoms with E-state index in [0.29, 0.717) is 19.5 Å². The van der Waals surface area contributed by atoms with E-state index in [0.717, 1.165) is 12.8 Å². The van der Waals surface area contributed by atoms with Crippen LogP contribution in [0.4, 0.5) is 0 Å². The number of carbonyl (C=O) groups excluding carboxylic acids is 2. The molecule has 0 bridgehead atoms. The summed E-state index contributed by atoms with van der Waals surface area (Å²) in [5, 5.41) is 3.04. The highest BCUT2D eigenvalue weighted by atomic mass is 16.3. The lowest BCUT2D eigenvalue weighted by atomic mass is 9.96. The van der Waals surface area contributed by atoms with Gasteiger partial charge in [-0.1, -0.05) is 37.3 Å². The summed E-state index contributed by atoms with van der Waals surface area (Å²) in [6.45, 7) is 3.29. The molecule has 2 heterocycles. The van der Waals surface area contributed by atoms with Crippen LogP contribution in [0.25, 0.3) is 0 Å². The molecule has 1 aromatic carbocycles. The average Bonchev–Trinajstić information content (AvgIpc) is 3.34. The van der Waals surface area contributed by atoms with Gasteiger partial charge in [-0.3, -0.25) is 9.59 Å². The van der Waals surface area contributed by atoms with Gasteiger partial charge in [-0.25, -0.2) is 0 Å². The summed E-state index contributed by atoms with van der Waals surface area (Å²) in [5.74, 6) is 0.278. The molecule has 1 N–H and O–H groups in total. The molecule has 0 radical (unpaired) electrons. The largest absolute Gasteiger partial charge is 0.459 e. The first-order valence-corrected chi connectivity index (χ1v) is 8.87. The van der Waals surface area contributed by atoms with Gasteiger partial charge < -0.3 is 14.6 Å². The molecular weight excluding hydrogens is 316 g/mol. The normalized spacial score (nSPS) is 18.1. The van der Waals surface area contributed by atoms with Gasteiger partial charge in [0.1, 0.15) is 6.04 Å². The van der Waals surface area contributed by atoms with E-state index >= 15 is 0 Å². The van der Waals surface area contributed by atoms with Crippen LogP contribution < -0.4 is 5.32 Å². The smallest absolute Gasteiger partial charge is 0.290 e. The molecule has 1 aliphatic rings. The Morgan fingerprint density at radius 3 is 2.72 bits per heavy atom. The molecule has 132 valence electrons. The zero-order chi connectivity index (χ0) is 17.6. The van der Waals surface area contributed by atoms with E-state index in [1.807, 2.05) is 18.2 Å². The molecule has 2 aromatic rings. The number of carbonyl (C=O) groups is 2. The van der Waals surface area contributed by atoms with Crippen LogP contribution in [0.1, 0.15) is 48.2 Å². The third-order valence-corrected chi connectivity index (χ3v) is 4.83. The maximum absolute atomic E-state index is 12.6. The lowest BCUT2D eigenvalue weighted by Gasteiger charge is -2.24. The summed E-state index contributed by atoms with van der Waals surface area (Å²) >= 11 is 0. The minimum absolute atomic E-state index is 0.0770. The molecule has 3 rings (SSSR count). The second kappa shape index (κ2) is 8.01. The fourth-order valence-electron chi connectivity index (χ4n) is 3.39. The van der Waals surface area contributed by atoms with Gasteiger partial charge in [-0.05, 0) is 37.0 Å². The number of hydrogen-bond donors (Lipinski definition) is 1. The van der Waals surface area contributed by atoms with E-state index < -0.39 is 6.04 Å². The predicted octanol–water partition coefficient (Wildman–Crippen LogP) is 3.19. The molecule has 1 aromatic heterocycles. The Morgan fingerprint density at radius 1 is 1.24 bits per heavy atom. The van der Waals surface area contributed by atoms with Gasteiger partial charge in [0.05, 0.1) is 6.26 Å². The molecule has 1 aliphatic heterocycles. The van der Waals surface area contributed by atoms with Crippen LogP contribution in [0.15, 0.2) is 53.1 Å². The highest BCUT2D eigenvalue weighted by molar-refractivity contribution is 5.96. The van der Waals surface area contributed by atoms with Crippen LogP contribution in [0.2, 0.25) is 0 Å². The quantitative estimate of drug-likeness (QED) is 0.878. The van der Waals surface area contributed by atoms with E-state index in [-0.39, 0.29) is 23.5 Å². The van der Waals surface area contributed by atoms with Crippen molar-refractivity contribution < 1.29 is 14.0 Å². The highest BCUT2D eigenvalue weighted by Crippen LogP contribution is 2.22. The van der Waals surface area contributed by atoms with Gasteiger partial charge in [0.2, 0.25) is 5.91 Å². The van der Waals surface area contributed by atoms with Gasteiger partial charge in [-0.15, -0.1) is 0 Å². The summed E-state index contributed by atoms with van der Waals surface area (Å²) < 4.78 is 5.19. The monoisotopic (exact) mass is 340 g/mol. The van der Waals surface area contributed by atoms with Crippen LogP contribution in [-0.4, -0.2) is 35.8 Å². The number of nitrogens with zero attached hydrogens (tertiary/aromatic N) is 1. The van der Waals surface area contributed by atoms with Gasteiger partial charge in [0.25, 0.3) is 5.91 Å². The van der Waals surface area contributed by atoms with Crippen molar-refractivity contribution in [1.82, 2.24) is 10.2 Å². The van der Waals surface area contributed by atoms with Gasteiger partial charge >= 0.3 is 0 Å². The zero-order valence-electron chi connectivity index (χ0n) is 14.5. The standard InChI is InChI=1S/C20H24N2O3/c1-2-15(16-8-4-3-5-9-16)14-21-19(23)17-10-6-12-22(17)20(24)18-11-7-13-25-18/h3-5,7-9,11,13,15,17H,2,6,10,12,14H2,1H3,(H,21,23). The first-order valence-electron chi connectivity index (χ1n) is 8.87. The maximum atomic E-state index is 12.6. The molecule has 2 amide bonds. The third kappa shape index (κ3) is 3.92. The summed E-state index contributed by atoms with van der Waals surface area (Å²) in [5.41, 5.74) is 1.22. The Hall–Kier alpha value is -2.56. The molecule has 5 nitrogen and oxygen atoms in total. The zero-order valence-corrected chi connectivity index (χ0v) is 14.5. The van der Waals surface area contributed by atoms with E-state index in [1.54, 1.807) is 17.0 Å². The van der Waals surface area contributed by atoms with Gasteiger partial charge in [-0.2, -0.15) is 0 Å². The number of furan rings is 1. The van der Waals surface area contributed by atoms with Crippen molar-refractivity contribution in [2.75, 3.05) is 13.1 Å². The Morgan fingerprint density at radius 2 is 2.04 bits per heavy atom. The van der Waals surface area contributed by atoms with Crippen molar-refractivity contribution in [3.05, 3.63) is 60.1 Å². The van der Waals surface area contributed by atoms with Crippen LogP contribution >= 0.6 is 0 Å². The fourth-order valence-corrected chi connectivity index (χ4v) is 3.39. The third-order valence-electron chi connectivity index (χ3n) is 4.83. The van der Waals surface area contributed by atoms with Crippen molar-refractivity contribution in [3.8, 4) is 0 Å². The van der Waals surface area contributed by atoms with Gasteiger partial charge in [0, 0.05) is 19.0 Å². The van der Waals surface area contributed by atoms with Crippen molar-refractivity contribution in [3.63, 3.8) is 0 Å². The Balaban J connectivity index is 1.61. The molecular formula is C20H24N2O3. The average molecular weight is 340 g/mol. The lowest BCUT2D eigenvalue weighted by molar-refractivity contribution is -0.124. The molecule has 2 atom stereocenters. The first-order chi connectivity index (χ1) is 12.2. The summed E-state index contributed by atoms with van der Waals surface area (Å²) in [6.07, 6.45) is 3.95. The Labute approximate surface area is 148 Å². The van der Waals surface area contributed by atoms with Crippen molar-refractivity contribution in [2.24, 2.45) is 0 Å². The molecule has 1 saturated heterocycles. The Kier molecular flexibility index (Phi) is 5.53. The number of likely N-dealkylation sites (tertiary alicyclic amines) is 1. The van der Waals surface area contributed by atoms with Crippen molar-refractivity contribution in [1.29, 1.82) is 0 Å². The molecule has 0 aliphatic carbocycles. The van der Waals surface area contributed by atoms with Gasteiger partial charge in [0.15, 0.2) is 5.76 Å². The SMILES string of the molecule is CCC(CNC(=O)C1CCCN1C(=O)c1ccco1)c1ccccc1. The Bertz CT molecular complexity index is 697. The van der Waals surface area contributed by atoms with Crippen LogP contribution in [0.3, 0.4) is 0 Å². The van der Waals surface area contributed by atoms with Crippen molar-refractivity contribution in [2.45, 2.75) is 38.1 Å². The van der Waals surface area contributed by atoms with E-state index in [9.17, 15) is 9.59 Å². The first kappa shape index (κ1) is 17.3. The maximum Gasteiger partial charge on any atom is 0.290 e. The molecule has 0 saturated carbocycles. The van der Waals surface area contributed by atoms with Crippen LogP contribution in [-0.2, 0) is 4.79 Å². The summed E-state index contributed by atoms with van der Waals surface area (Å²) in [6, 6.07) is 13.1. The molecule has 1 fully saturated rings. The highest BCUT2D eigenvalue weighted by Gasteiger charge is 2.35. The number of nitrogens with one attached hydrogen (secondary N) is 1. The lowest BCUT2D eigenvalue weighted by Crippen LogP contribution is -2.46. The number of rotatable bonds is 6. The minimum Gasteiger partial charge on any atom is -0.459 e. The number of amides is 2. The minimum atomic E-state index is -0.411. The summed E-state index contributed by atoms with van der Waals surface area (Å²) in [7, 11) is 0. The second-order valence-corrected chi connectivity index (χ2v) is 6.39. The molecule has 2 unspecified atom stereocenters. The number of hydrogen-bond acceptors (Lipinski definition) is 3. The predicted molar refractivity (Wildman–Crippen MR) is 95.3 cm³/mol. The fraction of sp³-hybridized carbons (Fsp3) is 0.400.